The highest BCUT2D eigenvalue weighted by Crippen LogP contribution is 2.16. The first-order chi connectivity index (χ1) is 7.41. The molecule has 1 rings (SSSR count). The third-order valence-corrected chi connectivity index (χ3v) is 2.43. The Morgan fingerprint density at radius 3 is 2.00 bits per heavy atom. The summed E-state index contributed by atoms with van der Waals surface area (Å²) in [4.78, 5) is 36.8. The minimum Gasteiger partial charge on any atom is -0.313 e. The van der Waals surface area contributed by atoms with E-state index >= 15 is 0 Å². The Labute approximate surface area is 93.1 Å². The molecule has 1 saturated heterocycles. The van der Waals surface area contributed by atoms with E-state index in [-0.39, 0.29) is 0 Å². The van der Waals surface area contributed by atoms with Gasteiger partial charge in [-0.15, -0.1) is 0 Å². The van der Waals surface area contributed by atoms with Crippen LogP contribution in [0.1, 0.15) is 6.92 Å². The van der Waals surface area contributed by atoms with Crippen molar-refractivity contribution in [2.24, 2.45) is 11.0 Å². The Balaban J connectivity index is 3.10. The summed E-state index contributed by atoms with van der Waals surface area (Å²) in [7, 11) is 4.25. The topological polar surface area (TPSA) is 82.1 Å². The predicted molar refractivity (Wildman–Crippen MR) is 56.6 cm³/mol. The van der Waals surface area contributed by atoms with Gasteiger partial charge in [-0.3, -0.25) is 19.4 Å². The first kappa shape index (κ1) is 12.2. The van der Waals surface area contributed by atoms with Gasteiger partial charge < -0.3 is 5.43 Å². The standard InChI is InChI=1S/C9H14N4O3/c1-5(11-10-2)6-7(14)12(3)9(16)13(4)8(6)15/h6,10H,1-4H3/b11-5+. The van der Waals surface area contributed by atoms with Crippen LogP contribution in [0.2, 0.25) is 0 Å². The molecule has 0 bridgehead atoms. The number of urea groups is 1. The quantitative estimate of drug-likeness (QED) is 0.381. The van der Waals surface area contributed by atoms with E-state index in [1.54, 1.807) is 14.0 Å². The van der Waals surface area contributed by atoms with Gasteiger partial charge in [0.15, 0.2) is 5.92 Å². The molecule has 0 aromatic heterocycles. The SMILES string of the molecule is CN/N=C(\C)C1C(=O)N(C)C(=O)N(C)C1=O. The zero-order valence-corrected chi connectivity index (χ0v) is 9.64. The van der Waals surface area contributed by atoms with Crippen molar-refractivity contribution in [3.63, 3.8) is 0 Å². The summed E-state index contributed by atoms with van der Waals surface area (Å²) in [6, 6.07) is -0.622. The average molecular weight is 226 g/mol. The Bertz CT molecular complexity index is 353. The van der Waals surface area contributed by atoms with Gasteiger partial charge in [-0.25, -0.2) is 4.79 Å². The van der Waals surface area contributed by atoms with Gasteiger partial charge in [0, 0.05) is 21.1 Å². The fourth-order valence-electron chi connectivity index (χ4n) is 1.50. The molecule has 1 aliphatic heterocycles. The molecule has 4 amide bonds. The number of barbiturate groups is 1. The molecular formula is C9H14N4O3. The van der Waals surface area contributed by atoms with E-state index in [0.717, 1.165) is 9.80 Å². The number of rotatable bonds is 2. The van der Waals surface area contributed by atoms with Gasteiger partial charge in [-0.1, -0.05) is 0 Å². The van der Waals surface area contributed by atoms with Gasteiger partial charge in [-0.2, -0.15) is 5.10 Å². The van der Waals surface area contributed by atoms with Gasteiger partial charge in [0.2, 0.25) is 11.8 Å². The summed E-state index contributed by atoms with van der Waals surface area (Å²) in [5, 5.41) is 3.80. The van der Waals surface area contributed by atoms with Gasteiger partial charge in [0.05, 0.1) is 5.71 Å². The monoisotopic (exact) mass is 226 g/mol. The fourth-order valence-corrected chi connectivity index (χ4v) is 1.50. The zero-order chi connectivity index (χ0) is 12.5. The minimum absolute atomic E-state index is 0.337. The van der Waals surface area contributed by atoms with Gasteiger partial charge in [-0.05, 0) is 6.92 Å². The second-order valence-corrected chi connectivity index (χ2v) is 3.49. The molecule has 0 aliphatic carbocycles. The lowest BCUT2D eigenvalue weighted by molar-refractivity contribution is -0.144. The maximum Gasteiger partial charge on any atom is 0.332 e. The zero-order valence-electron chi connectivity index (χ0n) is 9.64. The van der Waals surface area contributed by atoms with E-state index in [1.165, 1.54) is 14.1 Å². The Kier molecular flexibility index (Phi) is 3.26. The van der Waals surface area contributed by atoms with Crippen LogP contribution >= 0.6 is 0 Å². The molecule has 7 nitrogen and oxygen atoms in total. The first-order valence-electron chi connectivity index (χ1n) is 4.71. The van der Waals surface area contributed by atoms with E-state index in [0.29, 0.717) is 5.71 Å². The third-order valence-electron chi connectivity index (χ3n) is 2.43. The predicted octanol–water partition coefficient (Wildman–Crippen LogP) is -0.752. The van der Waals surface area contributed by atoms with Crippen molar-refractivity contribution in [3.8, 4) is 0 Å². The van der Waals surface area contributed by atoms with Gasteiger partial charge in [0.25, 0.3) is 0 Å². The number of hydrogen-bond donors (Lipinski definition) is 1. The molecule has 1 heterocycles. The fraction of sp³-hybridized carbons (Fsp3) is 0.556. The molecule has 1 aliphatic rings. The summed E-state index contributed by atoms with van der Waals surface area (Å²) in [5.41, 5.74) is 2.85. The number of carbonyl (C=O) groups is 3. The second kappa shape index (κ2) is 4.30. The van der Waals surface area contributed by atoms with Crippen molar-refractivity contribution < 1.29 is 14.4 Å². The molecular weight excluding hydrogens is 212 g/mol. The van der Waals surface area contributed by atoms with Crippen molar-refractivity contribution in [2.45, 2.75) is 6.92 Å². The molecule has 0 unspecified atom stereocenters. The number of carbonyl (C=O) groups excluding carboxylic acids is 3. The average Bonchev–Trinajstić information content (AvgIpc) is 2.24. The number of amides is 4. The van der Waals surface area contributed by atoms with E-state index in [1.807, 2.05) is 0 Å². The Morgan fingerprint density at radius 1 is 1.19 bits per heavy atom. The van der Waals surface area contributed by atoms with Crippen LogP contribution in [0.25, 0.3) is 0 Å². The van der Waals surface area contributed by atoms with Crippen LogP contribution in [-0.2, 0) is 9.59 Å². The van der Waals surface area contributed by atoms with E-state index < -0.39 is 23.8 Å². The van der Waals surface area contributed by atoms with Crippen LogP contribution < -0.4 is 5.43 Å². The molecule has 16 heavy (non-hydrogen) atoms. The van der Waals surface area contributed by atoms with Crippen LogP contribution in [-0.4, -0.2) is 54.5 Å². The highest BCUT2D eigenvalue weighted by molar-refractivity contribution is 6.26. The molecule has 0 aromatic carbocycles. The molecule has 1 N–H and O–H groups in total. The van der Waals surface area contributed by atoms with Crippen molar-refractivity contribution in [3.05, 3.63) is 0 Å². The third kappa shape index (κ3) is 1.75. The molecule has 0 aromatic rings. The lowest BCUT2D eigenvalue weighted by Gasteiger charge is -2.32. The summed E-state index contributed by atoms with van der Waals surface area (Å²) in [5.74, 6) is -2.12. The molecule has 0 atom stereocenters. The number of nitrogens with zero attached hydrogens (tertiary/aromatic N) is 3. The molecule has 7 heteroatoms. The Hall–Kier alpha value is -1.92. The molecule has 0 saturated carbocycles. The lowest BCUT2D eigenvalue weighted by atomic mass is 9.99. The van der Waals surface area contributed by atoms with Crippen molar-refractivity contribution >= 4 is 23.6 Å². The molecule has 1 fully saturated rings. The van der Waals surface area contributed by atoms with Crippen LogP contribution in [0.4, 0.5) is 4.79 Å². The van der Waals surface area contributed by atoms with Crippen LogP contribution in [0.15, 0.2) is 5.10 Å². The van der Waals surface area contributed by atoms with Crippen LogP contribution in [0, 0.1) is 5.92 Å². The minimum atomic E-state index is -1.01. The van der Waals surface area contributed by atoms with Gasteiger partial charge in [0.1, 0.15) is 0 Å². The highest BCUT2D eigenvalue weighted by atomic mass is 16.2. The largest absolute Gasteiger partial charge is 0.332 e. The van der Waals surface area contributed by atoms with Crippen LogP contribution in [0.3, 0.4) is 0 Å². The van der Waals surface area contributed by atoms with E-state index in [2.05, 4.69) is 10.5 Å². The number of hydrogen-bond acceptors (Lipinski definition) is 5. The number of hydrazone groups is 1. The summed E-state index contributed by atoms with van der Waals surface area (Å²) in [6.07, 6.45) is 0. The highest BCUT2D eigenvalue weighted by Gasteiger charge is 2.44. The van der Waals surface area contributed by atoms with E-state index in [9.17, 15) is 14.4 Å². The lowest BCUT2D eigenvalue weighted by Crippen LogP contribution is -2.58. The molecule has 0 radical (unpaired) electrons. The summed E-state index contributed by atoms with van der Waals surface area (Å²) < 4.78 is 0. The maximum atomic E-state index is 11.8. The van der Waals surface area contributed by atoms with Crippen molar-refractivity contribution in [1.82, 2.24) is 15.2 Å². The number of nitrogens with one attached hydrogen (secondary N) is 1. The van der Waals surface area contributed by atoms with Crippen LogP contribution in [0.5, 0.6) is 0 Å². The second-order valence-electron chi connectivity index (χ2n) is 3.49. The smallest absolute Gasteiger partial charge is 0.313 e. The number of imide groups is 2. The van der Waals surface area contributed by atoms with Gasteiger partial charge >= 0.3 is 6.03 Å². The maximum absolute atomic E-state index is 11.8. The molecule has 88 valence electrons. The summed E-state index contributed by atoms with van der Waals surface area (Å²) in [6.45, 7) is 1.56. The normalized spacial score (nSPS) is 19.5. The van der Waals surface area contributed by atoms with E-state index in [4.69, 9.17) is 0 Å². The Morgan fingerprint density at radius 2 is 1.62 bits per heavy atom. The summed E-state index contributed by atoms with van der Waals surface area (Å²) >= 11 is 0. The first-order valence-corrected chi connectivity index (χ1v) is 4.71. The molecule has 0 spiro atoms. The van der Waals surface area contributed by atoms with Crippen molar-refractivity contribution in [2.75, 3.05) is 21.1 Å². The van der Waals surface area contributed by atoms with Crippen molar-refractivity contribution in [1.29, 1.82) is 0 Å².